The minimum atomic E-state index is 0.191. The third-order valence-electron chi connectivity index (χ3n) is 3.14. The molecule has 1 aliphatic rings. The number of aromatic nitrogens is 4. The largest absolute Gasteiger partial charge is 0.339 e. The summed E-state index contributed by atoms with van der Waals surface area (Å²) in [5.74, 6) is 0.693. The van der Waals surface area contributed by atoms with Gasteiger partial charge in [0.05, 0.1) is 11.6 Å². The lowest BCUT2D eigenvalue weighted by Gasteiger charge is -2.07. The second-order valence-corrected chi connectivity index (χ2v) is 5.55. The normalized spacial score (nSPS) is 13.7. The van der Waals surface area contributed by atoms with E-state index in [4.69, 9.17) is 0 Å². The van der Waals surface area contributed by atoms with Crippen molar-refractivity contribution in [3.63, 3.8) is 0 Å². The Labute approximate surface area is 118 Å². The topological polar surface area (TPSA) is 83.6 Å². The molecule has 0 unspecified atom stereocenters. The molecule has 7 heteroatoms. The van der Waals surface area contributed by atoms with Crippen molar-refractivity contribution in [2.45, 2.75) is 11.3 Å². The van der Waals surface area contributed by atoms with Crippen LogP contribution in [0.4, 0.5) is 11.5 Å². The van der Waals surface area contributed by atoms with Gasteiger partial charge in [-0.1, -0.05) is 17.8 Å². The van der Waals surface area contributed by atoms with Gasteiger partial charge in [-0.3, -0.25) is 9.89 Å². The second kappa shape index (κ2) is 4.31. The van der Waals surface area contributed by atoms with Crippen LogP contribution in [-0.4, -0.2) is 25.3 Å². The molecule has 1 aromatic carbocycles. The Morgan fingerprint density at radius 2 is 2.25 bits per heavy atom. The highest BCUT2D eigenvalue weighted by molar-refractivity contribution is 8.14. The van der Waals surface area contributed by atoms with E-state index in [0.717, 1.165) is 21.5 Å². The molecule has 2 N–H and O–H groups in total. The zero-order chi connectivity index (χ0) is 13.5. The van der Waals surface area contributed by atoms with Gasteiger partial charge in [0, 0.05) is 17.0 Å². The molecular weight excluding hydrogens is 274 g/mol. The lowest BCUT2D eigenvalue weighted by molar-refractivity contribution is -0.110. The summed E-state index contributed by atoms with van der Waals surface area (Å²) in [7, 11) is 0. The highest BCUT2D eigenvalue weighted by atomic mass is 32.2. The highest BCUT2D eigenvalue weighted by Gasteiger charge is 2.19. The molecule has 3 heterocycles. The van der Waals surface area contributed by atoms with E-state index in [0.29, 0.717) is 17.9 Å². The van der Waals surface area contributed by atoms with Crippen molar-refractivity contribution >= 4 is 39.4 Å². The van der Waals surface area contributed by atoms with E-state index >= 15 is 0 Å². The molecule has 4 rings (SSSR count). The molecule has 0 amide bonds. The van der Waals surface area contributed by atoms with Crippen LogP contribution in [-0.2, 0) is 11.2 Å². The lowest BCUT2D eigenvalue weighted by Crippen LogP contribution is -1.95. The summed E-state index contributed by atoms with van der Waals surface area (Å²) in [4.78, 5) is 20.8. The summed E-state index contributed by atoms with van der Waals surface area (Å²) in [6.07, 6.45) is 3.68. The van der Waals surface area contributed by atoms with Gasteiger partial charge in [0.15, 0.2) is 10.8 Å². The minimum absolute atomic E-state index is 0.191. The summed E-state index contributed by atoms with van der Waals surface area (Å²) in [6.45, 7) is 0. The quantitative estimate of drug-likeness (QED) is 0.750. The molecule has 0 aliphatic carbocycles. The first kappa shape index (κ1) is 11.4. The van der Waals surface area contributed by atoms with E-state index in [-0.39, 0.29) is 5.12 Å². The lowest BCUT2D eigenvalue weighted by atomic mass is 10.1. The van der Waals surface area contributed by atoms with Gasteiger partial charge >= 0.3 is 0 Å². The average molecular weight is 283 g/mol. The first-order chi connectivity index (χ1) is 9.79. The van der Waals surface area contributed by atoms with Crippen LogP contribution < -0.4 is 5.32 Å². The number of rotatable bonds is 2. The molecule has 0 radical (unpaired) electrons. The number of hydrogen-bond acceptors (Lipinski definition) is 6. The van der Waals surface area contributed by atoms with Crippen molar-refractivity contribution in [2.24, 2.45) is 0 Å². The molecule has 0 atom stereocenters. The van der Waals surface area contributed by atoms with Gasteiger partial charge in [-0.05, 0) is 17.7 Å². The van der Waals surface area contributed by atoms with Crippen molar-refractivity contribution < 1.29 is 4.79 Å². The summed E-state index contributed by atoms with van der Waals surface area (Å²) in [5, 5.41) is 11.0. The number of nitrogens with one attached hydrogen (secondary N) is 2. The number of thioether (sulfide) groups is 1. The third-order valence-corrected chi connectivity index (χ3v) is 4.11. The van der Waals surface area contributed by atoms with Gasteiger partial charge < -0.3 is 5.32 Å². The van der Waals surface area contributed by atoms with Crippen molar-refractivity contribution in [3.8, 4) is 0 Å². The molecule has 3 aromatic rings. The van der Waals surface area contributed by atoms with E-state index in [1.54, 1.807) is 6.20 Å². The molecule has 98 valence electrons. The highest BCUT2D eigenvalue weighted by Crippen LogP contribution is 2.35. The van der Waals surface area contributed by atoms with Gasteiger partial charge in [-0.25, -0.2) is 9.97 Å². The molecule has 2 aromatic heterocycles. The summed E-state index contributed by atoms with van der Waals surface area (Å²) in [6, 6.07) is 5.90. The molecular formula is C13H9N5OS. The first-order valence-corrected chi connectivity index (χ1v) is 6.86. The maximum Gasteiger partial charge on any atom is 0.198 e. The smallest absolute Gasteiger partial charge is 0.198 e. The van der Waals surface area contributed by atoms with Crippen molar-refractivity contribution in [2.75, 3.05) is 5.32 Å². The van der Waals surface area contributed by atoms with Crippen LogP contribution >= 0.6 is 11.8 Å². The van der Waals surface area contributed by atoms with Crippen LogP contribution in [0.1, 0.15) is 5.56 Å². The fourth-order valence-corrected chi connectivity index (χ4v) is 3.12. The standard InChI is InChI=1S/C13H9N5OS/c19-11-3-7-1-2-8(4-10(7)20-11)17-12-9-5-16-18-13(9)15-6-14-12/h1-2,4-6H,3H2,(H2,14,15,16,17,18). The van der Waals surface area contributed by atoms with Gasteiger partial charge in [0.1, 0.15) is 12.1 Å². The van der Waals surface area contributed by atoms with Crippen molar-refractivity contribution in [1.82, 2.24) is 20.2 Å². The number of benzene rings is 1. The van der Waals surface area contributed by atoms with E-state index in [1.165, 1.54) is 18.1 Å². The molecule has 0 bridgehead atoms. The predicted octanol–water partition coefficient (Wildman–Crippen LogP) is 2.27. The zero-order valence-electron chi connectivity index (χ0n) is 10.3. The van der Waals surface area contributed by atoms with Crippen molar-refractivity contribution in [1.29, 1.82) is 0 Å². The zero-order valence-corrected chi connectivity index (χ0v) is 11.1. The average Bonchev–Trinajstić information content (AvgIpc) is 3.03. The van der Waals surface area contributed by atoms with Gasteiger partial charge in [0.2, 0.25) is 0 Å². The second-order valence-electron chi connectivity index (χ2n) is 4.45. The van der Waals surface area contributed by atoms with Crippen LogP contribution in [0, 0.1) is 0 Å². The number of aromatic amines is 1. The monoisotopic (exact) mass is 283 g/mol. The van der Waals surface area contributed by atoms with Crippen molar-refractivity contribution in [3.05, 3.63) is 36.3 Å². The Hall–Kier alpha value is -2.41. The van der Waals surface area contributed by atoms with E-state index < -0.39 is 0 Å². The minimum Gasteiger partial charge on any atom is -0.339 e. The SMILES string of the molecule is O=C1Cc2ccc(Nc3ncnc4[nH]ncc34)cc2S1. The number of carbonyl (C=O) groups is 1. The molecule has 0 saturated heterocycles. The molecule has 0 saturated carbocycles. The molecule has 0 spiro atoms. The Balaban J connectivity index is 1.71. The number of nitrogens with zero attached hydrogens (tertiary/aromatic N) is 3. The van der Waals surface area contributed by atoms with Crippen LogP contribution in [0.5, 0.6) is 0 Å². The number of anilines is 2. The maximum atomic E-state index is 11.4. The number of H-pyrrole nitrogens is 1. The Morgan fingerprint density at radius 3 is 3.20 bits per heavy atom. The first-order valence-electron chi connectivity index (χ1n) is 6.04. The molecule has 0 fully saturated rings. The predicted molar refractivity (Wildman–Crippen MR) is 76.0 cm³/mol. The van der Waals surface area contributed by atoms with E-state index in [2.05, 4.69) is 25.5 Å². The molecule has 6 nitrogen and oxygen atoms in total. The molecule has 1 aliphatic heterocycles. The van der Waals surface area contributed by atoms with E-state index in [1.807, 2.05) is 18.2 Å². The number of carbonyl (C=O) groups excluding carboxylic acids is 1. The van der Waals surface area contributed by atoms with Crippen LogP contribution in [0.15, 0.2) is 35.6 Å². The summed E-state index contributed by atoms with van der Waals surface area (Å²) >= 11 is 1.29. The van der Waals surface area contributed by atoms with Gasteiger partial charge in [-0.15, -0.1) is 0 Å². The number of fused-ring (bicyclic) bond motifs is 2. The Morgan fingerprint density at radius 1 is 1.30 bits per heavy atom. The van der Waals surface area contributed by atoms with Crippen LogP contribution in [0.3, 0.4) is 0 Å². The fourth-order valence-electron chi connectivity index (χ4n) is 2.19. The number of hydrogen-bond donors (Lipinski definition) is 2. The van der Waals surface area contributed by atoms with Crippen LogP contribution in [0.25, 0.3) is 11.0 Å². The molecule has 20 heavy (non-hydrogen) atoms. The summed E-state index contributed by atoms with van der Waals surface area (Å²) < 4.78 is 0. The van der Waals surface area contributed by atoms with Crippen LogP contribution in [0.2, 0.25) is 0 Å². The van der Waals surface area contributed by atoms with Gasteiger partial charge in [0.25, 0.3) is 0 Å². The third kappa shape index (κ3) is 1.83. The Bertz CT molecular complexity index is 828. The van der Waals surface area contributed by atoms with Gasteiger partial charge in [-0.2, -0.15) is 5.10 Å². The summed E-state index contributed by atoms with van der Waals surface area (Å²) in [5.41, 5.74) is 2.67. The van der Waals surface area contributed by atoms with E-state index in [9.17, 15) is 4.79 Å². The maximum absolute atomic E-state index is 11.4. The Kier molecular flexibility index (Phi) is 2.46. The fraction of sp³-hybridized carbons (Fsp3) is 0.0769.